The highest BCUT2D eigenvalue weighted by Gasteiger charge is 2.23. The lowest BCUT2D eigenvalue weighted by molar-refractivity contribution is 0.158. The van der Waals surface area contributed by atoms with Gasteiger partial charge in [0.1, 0.15) is 0 Å². The van der Waals surface area contributed by atoms with E-state index in [1.54, 1.807) is 12.1 Å². The van der Waals surface area contributed by atoms with Gasteiger partial charge in [-0.3, -0.25) is 4.90 Å². The van der Waals surface area contributed by atoms with Gasteiger partial charge >= 0.3 is 0 Å². The summed E-state index contributed by atoms with van der Waals surface area (Å²) in [4.78, 5) is 2.40. The summed E-state index contributed by atoms with van der Waals surface area (Å²) in [7, 11) is 3.52. The molecular weight excluding hydrogens is 255 g/mol. The van der Waals surface area contributed by atoms with E-state index in [1.807, 2.05) is 13.1 Å². The van der Waals surface area contributed by atoms with Crippen molar-refractivity contribution in [2.24, 2.45) is 5.92 Å². The van der Waals surface area contributed by atoms with Gasteiger partial charge < -0.3 is 10.1 Å². The van der Waals surface area contributed by atoms with Crippen LogP contribution in [0.25, 0.3) is 0 Å². The van der Waals surface area contributed by atoms with Gasteiger partial charge in [0.2, 0.25) is 0 Å². The third-order valence-corrected chi connectivity index (χ3v) is 4.42. The van der Waals surface area contributed by atoms with Gasteiger partial charge in [-0.15, -0.1) is 0 Å². The minimum absolute atomic E-state index is 0.274. The topological polar surface area (TPSA) is 24.5 Å². The first-order valence-electron chi connectivity index (χ1n) is 7.36. The van der Waals surface area contributed by atoms with Crippen molar-refractivity contribution in [2.75, 3.05) is 27.2 Å². The molecule has 0 aromatic heterocycles. The number of rotatable bonds is 5. The molecule has 1 heterocycles. The molecular formula is C16H25FN2O. The summed E-state index contributed by atoms with van der Waals surface area (Å²) < 4.78 is 18.6. The van der Waals surface area contributed by atoms with Gasteiger partial charge in [0, 0.05) is 12.6 Å². The number of hydrogen-bond donors (Lipinski definition) is 1. The third kappa shape index (κ3) is 3.70. The second-order valence-corrected chi connectivity index (χ2v) is 5.66. The molecule has 1 aliphatic heterocycles. The smallest absolute Gasteiger partial charge is 0.165 e. The van der Waals surface area contributed by atoms with Gasteiger partial charge in [-0.1, -0.05) is 6.07 Å². The first-order valence-corrected chi connectivity index (χ1v) is 7.36. The van der Waals surface area contributed by atoms with Crippen LogP contribution in [0.5, 0.6) is 5.75 Å². The zero-order valence-corrected chi connectivity index (χ0v) is 12.7. The van der Waals surface area contributed by atoms with Crippen LogP contribution >= 0.6 is 0 Å². The van der Waals surface area contributed by atoms with Crippen molar-refractivity contribution in [1.82, 2.24) is 10.2 Å². The zero-order valence-electron chi connectivity index (χ0n) is 12.7. The molecule has 0 aliphatic carbocycles. The van der Waals surface area contributed by atoms with Crippen molar-refractivity contribution < 1.29 is 9.13 Å². The molecule has 0 spiro atoms. The van der Waals surface area contributed by atoms with Crippen LogP contribution < -0.4 is 10.1 Å². The summed E-state index contributed by atoms with van der Waals surface area (Å²) in [5, 5.41) is 3.34. The van der Waals surface area contributed by atoms with E-state index in [0.29, 0.717) is 11.8 Å². The second kappa shape index (κ2) is 7.04. The lowest BCUT2D eigenvalue weighted by atomic mass is 9.90. The summed E-state index contributed by atoms with van der Waals surface area (Å²) in [5.41, 5.74) is 1.02. The van der Waals surface area contributed by atoms with Crippen LogP contribution in [0, 0.1) is 11.7 Å². The van der Waals surface area contributed by atoms with Crippen LogP contribution in [-0.4, -0.2) is 38.2 Å². The molecule has 0 amide bonds. The lowest BCUT2D eigenvalue weighted by Crippen LogP contribution is -2.40. The Bertz CT molecular complexity index is 430. The molecule has 1 N–H and O–H groups in total. The van der Waals surface area contributed by atoms with E-state index >= 15 is 0 Å². The number of hydrogen-bond acceptors (Lipinski definition) is 3. The molecule has 3 nitrogen and oxygen atoms in total. The maximum Gasteiger partial charge on any atom is 0.165 e. The van der Waals surface area contributed by atoms with Crippen LogP contribution in [0.15, 0.2) is 18.2 Å². The highest BCUT2D eigenvalue weighted by molar-refractivity contribution is 5.29. The largest absolute Gasteiger partial charge is 0.494 e. The molecule has 2 rings (SSSR count). The predicted octanol–water partition coefficient (Wildman–Crippen LogP) is 2.65. The van der Waals surface area contributed by atoms with E-state index < -0.39 is 0 Å². The minimum Gasteiger partial charge on any atom is -0.494 e. The van der Waals surface area contributed by atoms with Gasteiger partial charge in [-0.2, -0.15) is 0 Å². The van der Waals surface area contributed by atoms with Crippen molar-refractivity contribution in [3.63, 3.8) is 0 Å². The highest BCUT2D eigenvalue weighted by Crippen LogP contribution is 2.23. The number of methoxy groups -OCH3 is 1. The van der Waals surface area contributed by atoms with Gasteiger partial charge in [0.25, 0.3) is 0 Å². The normalized spacial score (nSPS) is 19.0. The van der Waals surface area contributed by atoms with Crippen molar-refractivity contribution in [1.29, 1.82) is 0 Å². The molecule has 1 aromatic carbocycles. The fourth-order valence-corrected chi connectivity index (χ4v) is 2.91. The Morgan fingerprint density at radius 1 is 1.40 bits per heavy atom. The summed E-state index contributed by atoms with van der Waals surface area (Å²) in [5.74, 6) is 0.794. The van der Waals surface area contributed by atoms with E-state index in [0.717, 1.165) is 31.1 Å². The molecule has 1 atom stereocenters. The number of piperidine rings is 1. The van der Waals surface area contributed by atoms with Gasteiger partial charge in [0.15, 0.2) is 11.6 Å². The monoisotopic (exact) mass is 280 g/mol. The molecule has 112 valence electrons. The molecule has 4 heteroatoms. The maximum atomic E-state index is 13.7. The fourth-order valence-electron chi connectivity index (χ4n) is 2.91. The Morgan fingerprint density at radius 3 is 2.65 bits per heavy atom. The molecule has 1 unspecified atom stereocenters. The quantitative estimate of drug-likeness (QED) is 0.897. The third-order valence-electron chi connectivity index (χ3n) is 4.42. The van der Waals surface area contributed by atoms with Gasteiger partial charge in [-0.25, -0.2) is 4.39 Å². The Labute approximate surface area is 121 Å². The summed E-state index contributed by atoms with van der Waals surface area (Å²) in [6, 6.07) is 5.82. The first kappa shape index (κ1) is 15.3. The molecule has 0 saturated carbocycles. The molecule has 1 saturated heterocycles. The summed E-state index contributed by atoms with van der Waals surface area (Å²) in [6.07, 6.45) is 2.42. The van der Waals surface area contributed by atoms with Crippen LogP contribution in [0.4, 0.5) is 4.39 Å². The van der Waals surface area contributed by atoms with Crippen LogP contribution in [0.1, 0.15) is 25.3 Å². The Kier molecular flexibility index (Phi) is 5.38. The van der Waals surface area contributed by atoms with E-state index in [2.05, 4.69) is 17.1 Å². The standard InChI is InChI=1S/C16H25FN2O/c1-12(18-2)14-6-8-19(9-7-14)11-13-4-5-16(20-3)15(17)10-13/h4-5,10,12,14,18H,6-9,11H2,1-3H3. The number of benzene rings is 1. The Balaban J connectivity index is 1.88. The van der Waals surface area contributed by atoms with Gasteiger partial charge in [-0.05, 0) is 63.5 Å². The number of likely N-dealkylation sites (tertiary alicyclic amines) is 1. The average Bonchev–Trinajstić information content (AvgIpc) is 2.47. The summed E-state index contributed by atoms with van der Waals surface area (Å²) in [6.45, 7) is 5.25. The zero-order chi connectivity index (χ0) is 14.5. The number of nitrogens with zero attached hydrogens (tertiary/aromatic N) is 1. The Morgan fingerprint density at radius 2 is 2.10 bits per heavy atom. The average molecular weight is 280 g/mol. The molecule has 1 aromatic rings. The molecule has 1 aliphatic rings. The molecule has 1 fully saturated rings. The SMILES string of the molecule is CNC(C)C1CCN(Cc2ccc(OC)c(F)c2)CC1. The van der Waals surface area contributed by atoms with Crippen LogP contribution in [-0.2, 0) is 6.54 Å². The first-order chi connectivity index (χ1) is 9.63. The number of ether oxygens (including phenoxy) is 1. The minimum atomic E-state index is -0.274. The van der Waals surface area contributed by atoms with E-state index in [4.69, 9.17) is 4.74 Å². The Hall–Kier alpha value is -1.13. The number of nitrogens with one attached hydrogen (secondary N) is 1. The molecule has 20 heavy (non-hydrogen) atoms. The predicted molar refractivity (Wildman–Crippen MR) is 79.5 cm³/mol. The van der Waals surface area contributed by atoms with Crippen molar-refractivity contribution >= 4 is 0 Å². The van der Waals surface area contributed by atoms with Crippen LogP contribution in [0.3, 0.4) is 0 Å². The van der Waals surface area contributed by atoms with Crippen molar-refractivity contribution in [2.45, 2.75) is 32.4 Å². The van der Waals surface area contributed by atoms with Crippen molar-refractivity contribution in [3.05, 3.63) is 29.6 Å². The summed E-state index contributed by atoms with van der Waals surface area (Å²) >= 11 is 0. The van der Waals surface area contributed by atoms with Gasteiger partial charge in [0.05, 0.1) is 7.11 Å². The fraction of sp³-hybridized carbons (Fsp3) is 0.625. The molecule has 0 radical (unpaired) electrons. The van der Waals surface area contributed by atoms with E-state index in [-0.39, 0.29) is 5.82 Å². The number of halogens is 1. The molecule has 0 bridgehead atoms. The van der Waals surface area contributed by atoms with Crippen LogP contribution in [0.2, 0.25) is 0 Å². The maximum absolute atomic E-state index is 13.7. The highest BCUT2D eigenvalue weighted by atomic mass is 19.1. The van der Waals surface area contributed by atoms with Crippen molar-refractivity contribution in [3.8, 4) is 5.75 Å². The second-order valence-electron chi connectivity index (χ2n) is 5.66. The lowest BCUT2D eigenvalue weighted by Gasteiger charge is -2.34. The van der Waals surface area contributed by atoms with E-state index in [9.17, 15) is 4.39 Å². The van der Waals surface area contributed by atoms with E-state index in [1.165, 1.54) is 20.0 Å².